The first-order valence-electron chi connectivity index (χ1n) is 6.02. The summed E-state index contributed by atoms with van der Waals surface area (Å²) in [7, 11) is 0. The maximum absolute atomic E-state index is 10.9. The standard InChI is InChI=1S/C15H15NO3/c1-10(2)19-13-6-7-14(16-9-13)11-4-3-5-12(8-11)15(17)18/h3-10H,1-2H3,(H,17,18). The van der Waals surface area contributed by atoms with Crippen LogP contribution in [0.1, 0.15) is 24.2 Å². The number of carbonyl (C=O) groups is 1. The van der Waals surface area contributed by atoms with Gasteiger partial charge in [0, 0.05) is 5.56 Å². The molecule has 0 spiro atoms. The number of hydrogen-bond acceptors (Lipinski definition) is 3. The van der Waals surface area contributed by atoms with Crippen molar-refractivity contribution in [1.29, 1.82) is 0 Å². The summed E-state index contributed by atoms with van der Waals surface area (Å²) in [6.07, 6.45) is 1.74. The zero-order valence-electron chi connectivity index (χ0n) is 10.8. The molecule has 0 aliphatic rings. The molecular weight excluding hydrogens is 242 g/mol. The zero-order valence-corrected chi connectivity index (χ0v) is 10.8. The van der Waals surface area contributed by atoms with Crippen LogP contribution in [0.25, 0.3) is 11.3 Å². The molecule has 0 bridgehead atoms. The predicted molar refractivity (Wildman–Crippen MR) is 72.4 cm³/mol. The molecule has 4 nitrogen and oxygen atoms in total. The molecule has 0 amide bonds. The lowest BCUT2D eigenvalue weighted by molar-refractivity contribution is 0.0697. The van der Waals surface area contributed by atoms with Crippen molar-refractivity contribution in [2.75, 3.05) is 0 Å². The van der Waals surface area contributed by atoms with Gasteiger partial charge in [0.1, 0.15) is 5.75 Å². The molecule has 1 aromatic heterocycles. The Kier molecular flexibility index (Phi) is 3.80. The molecule has 0 fully saturated rings. The average Bonchev–Trinajstić information content (AvgIpc) is 2.39. The molecule has 0 saturated heterocycles. The molecule has 0 aliphatic carbocycles. The Balaban J connectivity index is 2.27. The predicted octanol–water partition coefficient (Wildman–Crippen LogP) is 3.23. The minimum Gasteiger partial charge on any atom is -0.489 e. The third-order valence-corrected chi connectivity index (χ3v) is 2.51. The summed E-state index contributed by atoms with van der Waals surface area (Å²) in [5, 5.41) is 8.96. The van der Waals surface area contributed by atoms with Gasteiger partial charge in [-0.1, -0.05) is 12.1 Å². The van der Waals surface area contributed by atoms with Crippen molar-refractivity contribution >= 4 is 5.97 Å². The quantitative estimate of drug-likeness (QED) is 0.913. The molecule has 0 unspecified atom stereocenters. The lowest BCUT2D eigenvalue weighted by Gasteiger charge is -2.09. The molecule has 0 radical (unpaired) electrons. The molecule has 1 heterocycles. The Morgan fingerprint density at radius 2 is 2.05 bits per heavy atom. The Labute approximate surface area is 111 Å². The van der Waals surface area contributed by atoms with Gasteiger partial charge >= 0.3 is 5.97 Å². The second-order valence-electron chi connectivity index (χ2n) is 4.43. The van der Waals surface area contributed by atoms with Gasteiger partial charge in [-0.3, -0.25) is 4.98 Å². The number of hydrogen-bond donors (Lipinski definition) is 1. The van der Waals surface area contributed by atoms with E-state index in [0.29, 0.717) is 5.75 Å². The monoisotopic (exact) mass is 257 g/mol. The summed E-state index contributed by atoms with van der Waals surface area (Å²) < 4.78 is 5.51. The lowest BCUT2D eigenvalue weighted by Crippen LogP contribution is -2.05. The fourth-order valence-electron chi connectivity index (χ4n) is 1.70. The molecule has 2 aromatic rings. The minimum absolute atomic E-state index is 0.1000. The van der Waals surface area contributed by atoms with Crippen LogP contribution in [-0.2, 0) is 0 Å². The van der Waals surface area contributed by atoms with Gasteiger partial charge in [0.05, 0.1) is 23.6 Å². The van der Waals surface area contributed by atoms with E-state index in [-0.39, 0.29) is 11.7 Å². The van der Waals surface area contributed by atoms with E-state index in [1.165, 1.54) is 0 Å². The van der Waals surface area contributed by atoms with E-state index in [1.54, 1.807) is 24.4 Å². The van der Waals surface area contributed by atoms with Gasteiger partial charge in [-0.05, 0) is 38.1 Å². The number of ether oxygens (including phenoxy) is 1. The SMILES string of the molecule is CC(C)Oc1ccc(-c2cccc(C(=O)O)c2)nc1. The summed E-state index contributed by atoms with van der Waals surface area (Å²) in [5.41, 5.74) is 1.75. The van der Waals surface area contributed by atoms with Crippen molar-refractivity contribution in [3.63, 3.8) is 0 Å². The number of pyridine rings is 1. The number of benzene rings is 1. The van der Waals surface area contributed by atoms with E-state index in [2.05, 4.69) is 4.98 Å². The maximum Gasteiger partial charge on any atom is 0.335 e. The van der Waals surface area contributed by atoms with E-state index in [9.17, 15) is 4.79 Å². The molecule has 1 aromatic carbocycles. The Morgan fingerprint density at radius 3 is 2.63 bits per heavy atom. The summed E-state index contributed by atoms with van der Waals surface area (Å²) >= 11 is 0. The molecule has 0 saturated carbocycles. The Morgan fingerprint density at radius 1 is 1.26 bits per heavy atom. The van der Waals surface area contributed by atoms with E-state index < -0.39 is 5.97 Å². The third kappa shape index (κ3) is 3.31. The summed E-state index contributed by atoms with van der Waals surface area (Å²) in [6, 6.07) is 10.3. The van der Waals surface area contributed by atoms with E-state index in [4.69, 9.17) is 9.84 Å². The van der Waals surface area contributed by atoms with Crippen molar-refractivity contribution in [3.8, 4) is 17.0 Å². The van der Waals surface area contributed by atoms with E-state index in [1.807, 2.05) is 32.0 Å². The number of carboxylic acid groups (broad SMARTS) is 1. The lowest BCUT2D eigenvalue weighted by atomic mass is 10.1. The van der Waals surface area contributed by atoms with Crippen molar-refractivity contribution in [2.24, 2.45) is 0 Å². The molecule has 4 heteroatoms. The van der Waals surface area contributed by atoms with Crippen LogP contribution >= 0.6 is 0 Å². The molecule has 0 aliphatic heterocycles. The van der Waals surface area contributed by atoms with E-state index >= 15 is 0 Å². The van der Waals surface area contributed by atoms with Crippen molar-refractivity contribution in [3.05, 3.63) is 48.2 Å². The fraction of sp³-hybridized carbons (Fsp3) is 0.200. The highest BCUT2D eigenvalue weighted by Gasteiger charge is 2.06. The topological polar surface area (TPSA) is 59.4 Å². The average molecular weight is 257 g/mol. The number of carboxylic acids is 1. The first kappa shape index (κ1) is 13.1. The highest BCUT2D eigenvalue weighted by molar-refractivity contribution is 5.89. The van der Waals surface area contributed by atoms with Gasteiger partial charge in [0.15, 0.2) is 0 Å². The Hall–Kier alpha value is -2.36. The zero-order chi connectivity index (χ0) is 13.8. The molecular formula is C15H15NO3. The second-order valence-corrected chi connectivity index (χ2v) is 4.43. The summed E-state index contributed by atoms with van der Waals surface area (Å²) in [5.74, 6) is -0.241. The van der Waals surface area contributed by atoms with Crippen LogP contribution in [0, 0.1) is 0 Å². The van der Waals surface area contributed by atoms with Crippen LogP contribution in [0.4, 0.5) is 0 Å². The van der Waals surface area contributed by atoms with Crippen LogP contribution in [0.15, 0.2) is 42.6 Å². The minimum atomic E-state index is -0.943. The highest BCUT2D eigenvalue weighted by Crippen LogP contribution is 2.21. The second kappa shape index (κ2) is 5.52. The van der Waals surface area contributed by atoms with Gasteiger partial charge in [-0.2, -0.15) is 0 Å². The van der Waals surface area contributed by atoms with Crippen LogP contribution in [-0.4, -0.2) is 22.2 Å². The third-order valence-electron chi connectivity index (χ3n) is 2.51. The Bertz CT molecular complexity index is 576. The van der Waals surface area contributed by atoms with E-state index in [0.717, 1.165) is 11.3 Å². The first-order valence-corrected chi connectivity index (χ1v) is 6.02. The maximum atomic E-state index is 10.9. The van der Waals surface area contributed by atoms with Crippen LogP contribution < -0.4 is 4.74 Å². The first-order chi connectivity index (χ1) is 9.06. The number of aromatic carboxylic acids is 1. The molecule has 98 valence electrons. The van der Waals surface area contributed by atoms with Crippen molar-refractivity contribution in [1.82, 2.24) is 4.98 Å². The molecule has 1 N–H and O–H groups in total. The number of aromatic nitrogens is 1. The number of rotatable bonds is 4. The van der Waals surface area contributed by atoms with Crippen molar-refractivity contribution < 1.29 is 14.6 Å². The smallest absolute Gasteiger partial charge is 0.335 e. The van der Waals surface area contributed by atoms with Gasteiger partial charge in [-0.25, -0.2) is 4.79 Å². The highest BCUT2D eigenvalue weighted by atomic mass is 16.5. The van der Waals surface area contributed by atoms with Crippen LogP contribution in [0.3, 0.4) is 0 Å². The van der Waals surface area contributed by atoms with Gasteiger partial charge < -0.3 is 9.84 Å². The molecule has 0 atom stereocenters. The van der Waals surface area contributed by atoms with Gasteiger partial charge in [-0.15, -0.1) is 0 Å². The summed E-state index contributed by atoms with van der Waals surface area (Å²) in [4.78, 5) is 15.2. The largest absolute Gasteiger partial charge is 0.489 e. The van der Waals surface area contributed by atoms with Crippen molar-refractivity contribution in [2.45, 2.75) is 20.0 Å². The molecule has 19 heavy (non-hydrogen) atoms. The van der Waals surface area contributed by atoms with Crippen LogP contribution in [0.5, 0.6) is 5.75 Å². The fourth-order valence-corrected chi connectivity index (χ4v) is 1.70. The molecule has 2 rings (SSSR count). The summed E-state index contributed by atoms with van der Waals surface area (Å²) in [6.45, 7) is 3.90. The van der Waals surface area contributed by atoms with Gasteiger partial charge in [0.25, 0.3) is 0 Å². The number of nitrogens with zero attached hydrogens (tertiary/aromatic N) is 1. The van der Waals surface area contributed by atoms with Crippen LogP contribution in [0.2, 0.25) is 0 Å². The van der Waals surface area contributed by atoms with Gasteiger partial charge in [0.2, 0.25) is 0 Å². The normalized spacial score (nSPS) is 10.5.